The molecule has 23 heavy (non-hydrogen) atoms. The van der Waals surface area contributed by atoms with Gasteiger partial charge in [0, 0.05) is 6.08 Å². The fraction of sp³-hybridized carbons (Fsp3) is 0.421. The number of rotatable bonds is 7. The van der Waals surface area contributed by atoms with Crippen molar-refractivity contribution in [2.45, 2.75) is 38.2 Å². The molecule has 4 heteroatoms. The van der Waals surface area contributed by atoms with Crippen LogP contribution in [0.3, 0.4) is 0 Å². The van der Waals surface area contributed by atoms with Crippen molar-refractivity contribution in [1.29, 1.82) is 0 Å². The Morgan fingerprint density at radius 1 is 1.26 bits per heavy atom. The lowest BCUT2D eigenvalue weighted by atomic mass is 9.98. The first-order valence-corrected chi connectivity index (χ1v) is 8.03. The zero-order valence-electron chi connectivity index (χ0n) is 13.6. The van der Waals surface area contributed by atoms with Crippen molar-refractivity contribution in [2.75, 3.05) is 13.7 Å². The molecular weight excluding hydrogens is 292 g/mol. The Bertz CT molecular complexity index is 556. The van der Waals surface area contributed by atoms with Crippen LogP contribution < -0.4 is 9.47 Å². The van der Waals surface area contributed by atoms with Gasteiger partial charge in [-0.05, 0) is 49.5 Å². The van der Waals surface area contributed by atoms with Gasteiger partial charge in [0.25, 0.3) is 0 Å². The van der Waals surface area contributed by atoms with E-state index in [1.165, 1.54) is 12.5 Å². The largest absolute Gasteiger partial charge is 0.493 e. The Labute approximate surface area is 137 Å². The lowest BCUT2D eigenvalue weighted by Gasteiger charge is -2.20. The zero-order chi connectivity index (χ0) is 16.5. The summed E-state index contributed by atoms with van der Waals surface area (Å²) in [5, 5.41) is 0. The minimum atomic E-state index is -0.289. The molecule has 0 aromatic heterocycles. The summed E-state index contributed by atoms with van der Waals surface area (Å²) in [5.74, 6) is 0.979. The van der Waals surface area contributed by atoms with Crippen molar-refractivity contribution in [3.05, 3.63) is 42.5 Å². The molecule has 0 N–H and O–H groups in total. The maximum absolute atomic E-state index is 11.9. The molecule has 1 aromatic carbocycles. The number of hydrogen-bond donors (Lipinski definition) is 0. The molecule has 4 nitrogen and oxygen atoms in total. The predicted molar refractivity (Wildman–Crippen MR) is 90.7 cm³/mol. The van der Waals surface area contributed by atoms with Crippen LogP contribution in [0.4, 0.5) is 0 Å². The molecule has 0 saturated heterocycles. The summed E-state index contributed by atoms with van der Waals surface area (Å²) in [4.78, 5) is 11.9. The summed E-state index contributed by atoms with van der Waals surface area (Å²) >= 11 is 0. The molecule has 0 spiro atoms. The Balaban J connectivity index is 1.95. The van der Waals surface area contributed by atoms with E-state index in [0.717, 1.165) is 31.2 Å². The van der Waals surface area contributed by atoms with Gasteiger partial charge in [0.2, 0.25) is 0 Å². The second-order valence-electron chi connectivity index (χ2n) is 5.54. The van der Waals surface area contributed by atoms with Gasteiger partial charge in [0.1, 0.15) is 12.7 Å². The van der Waals surface area contributed by atoms with Gasteiger partial charge in [-0.1, -0.05) is 25.1 Å². The topological polar surface area (TPSA) is 44.8 Å². The summed E-state index contributed by atoms with van der Waals surface area (Å²) in [6.45, 7) is 4.03. The van der Waals surface area contributed by atoms with Crippen LogP contribution >= 0.6 is 0 Å². The Hall–Kier alpha value is -2.23. The average Bonchev–Trinajstić information content (AvgIpc) is 2.59. The maximum Gasteiger partial charge on any atom is 0.331 e. The van der Waals surface area contributed by atoms with E-state index in [2.05, 4.69) is 6.58 Å². The Kier molecular flexibility index (Phi) is 6.73. The molecule has 0 atom stereocenters. The van der Waals surface area contributed by atoms with E-state index in [1.807, 2.05) is 18.2 Å². The van der Waals surface area contributed by atoms with E-state index >= 15 is 0 Å². The van der Waals surface area contributed by atoms with Crippen molar-refractivity contribution in [3.8, 4) is 11.5 Å². The minimum absolute atomic E-state index is 0.0742. The summed E-state index contributed by atoms with van der Waals surface area (Å²) in [7, 11) is 1.58. The van der Waals surface area contributed by atoms with E-state index in [0.29, 0.717) is 18.1 Å². The molecule has 0 unspecified atom stereocenters. The average molecular weight is 316 g/mol. The molecule has 1 aliphatic rings. The Morgan fingerprint density at radius 3 is 2.74 bits per heavy atom. The third kappa shape index (κ3) is 5.47. The highest BCUT2D eigenvalue weighted by Crippen LogP contribution is 2.28. The maximum atomic E-state index is 11.9. The van der Waals surface area contributed by atoms with Crippen molar-refractivity contribution in [1.82, 2.24) is 0 Å². The molecule has 1 fully saturated rings. The van der Waals surface area contributed by atoms with Crippen LogP contribution in [0.15, 0.2) is 36.9 Å². The number of carbonyl (C=O) groups excluding carboxylic acids is 1. The fourth-order valence-corrected chi connectivity index (χ4v) is 2.61. The van der Waals surface area contributed by atoms with E-state index in [9.17, 15) is 4.79 Å². The van der Waals surface area contributed by atoms with Gasteiger partial charge in [0.15, 0.2) is 11.5 Å². The highest BCUT2D eigenvalue weighted by atomic mass is 16.5. The molecule has 0 bridgehead atoms. The monoisotopic (exact) mass is 316 g/mol. The van der Waals surface area contributed by atoms with E-state index in [-0.39, 0.29) is 12.1 Å². The standard InChI is InChI=1S/C19H24O4/c1-3-13-22-17-11-9-15(14-18(17)21-2)10-12-19(20)23-16-7-5-4-6-8-16/h3,9-12,14,16H,1,4-8,13H2,2H3/b12-10+. The van der Waals surface area contributed by atoms with Crippen molar-refractivity contribution < 1.29 is 19.0 Å². The number of esters is 1. The molecule has 0 radical (unpaired) electrons. The lowest BCUT2D eigenvalue weighted by molar-refractivity contribution is -0.144. The normalized spacial score (nSPS) is 15.3. The Morgan fingerprint density at radius 2 is 2.04 bits per heavy atom. The van der Waals surface area contributed by atoms with Gasteiger partial charge in [-0.15, -0.1) is 0 Å². The summed E-state index contributed by atoms with van der Waals surface area (Å²) in [6, 6.07) is 5.50. The summed E-state index contributed by atoms with van der Waals surface area (Å²) < 4.78 is 16.3. The molecule has 2 rings (SSSR count). The van der Waals surface area contributed by atoms with Gasteiger partial charge in [-0.3, -0.25) is 0 Å². The first-order valence-electron chi connectivity index (χ1n) is 8.03. The third-order valence-corrected chi connectivity index (χ3v) is 3.79. The van der Waals surface area contributed by atoms with Crippen LogP contribution in [0.2, 0.25) is 0 Å². The SMILES string of the molecule is C=CCOc1ccc(/C=C/C(=O)OC2CCCCC2)cc1OC. The summed E-state index contributed by atoms with van der Waals surface area (Å²) in [5.41, 5.74) is 0.855. The van der Waals surface area contributed by atoms with Crippen LogP contribution in [-0.2, 0) is 9.53 Å². The van der Waals surface area contributed by atoms with Gasteiger partial charge in [0.05, 0.1) is 7.11 Å². The second kappa shape index (κ2) is 9.03. The van der Waals surface area contributed by atoms with Crippen LogP contribution in [0.5, 0.6) is 11.5 Å². The van der Waals surface area contributed by atoms with Crippen LogP contribution in [0.25, 0.3) is 6.08 Å². The molecule has 0 aliphatic heterocycles. The highest BCUT2D eigenvalue weighted by Gasteiger charge is 2.16. The van der Waals surface area contributed by atoms with Gasteiger partial charge in [-0.2, -0.15) is 0 Å². The first-order chi connectivity index (χ1) is 11.2. The van der Waals surface area contributed by atoms with Crippen LogP contribution in [0.1, 0.15) is 37.7 Å². The molecular formula is C19H24O4. The fourth-order valence-electron chi connectivity index (χ4n) is 2.61. The second-order valence-corrected chi connectivity index (χ2v) is 5.54. The van der Waals surface area contributed by atoms with Crippen LogP contribution in [0, 0.1) is 0 Å². The molecule has 0 heterocycles. The van der Waals surface area contributed by atoms with E-state index in [1.54, 1.807) is 19.3 Å². The van der Waals surface area contributed by atoms with E-state index in [4.69, 9.17) is 14.2 Å². The number of ether oxygens (including phenoxy) is 3. The van der Waals surface area contributed by atoms with Crippen LogP contribution in [-0.4, -0.2) is 25.8 Å². The smallest absolute Gasteiger partial charge is 0.331 e. The predicted octanol–water partition coefficient (Wildman–Crippen LogP) is 4.15. The highest BCUT2D eigenvalue weighted by molar-refractivity contribution is 5.87. The summed E-state index contributed by atoms with van der Waals surface area (Å²) in [6.07, 6.45) is 10.4. The third-order valence-electron chi connectivity index (χ3n) is 3.79. The molecule has 124 valence electrons. The number of benzene rings is 1. The lowest BCUT2D eigenvalue weighted by Crippen LogP contribution is -2.19. The molecule has 1 aromatic rings. The molecule has 1 aliphatic carbocycles. The van der Waals surface area contributed by atoms with E-state index < -0.39 is 0 Å². The van der Waals surface area contributed by atoms with Gasteiger partial charge < -0.3 is 14.2 Å². The molecule has 0 amide bonds. The number of hydrogen-bond acceptors (Lipinski definition) is 4. The van der Waals surface area contributed by atoms with Crippen molar-refractivity contribution >= 4 is 12.0 Å². The van der Waals surface area contributed by atoms with Gasteiger partial charge in [-0.25, -0.2) is 4.79 Å². The quantitative estimate of drug-likeness (QED) is 0.431. The molecule has 1 saturated carbocycles. The number of carbonyl (C=O) groups is 1. The van der Waals surface area contributed by atoms with Gasteiger partial charge >= 0.3 is 5.97 Å². The number of methoxy groups -OCH3 is 1. The van der Waals surface area contributed by atoms with Crippen molar-refractivity contribution in [3.63, 3.8) is 0 Å². The zero-order valence-corrected chi connectivity index (χ0v) is 13.6. The van der Waals surface area contributed by atoms with Crippen molar-refractivity contribution in [2.24, 2.45) is 0 Å². The first kappa shape index (κ1) is 17.1. The minimum Gasteiger partial charge on any atom is -0.493 e.